The minimum Gasteiger partial charge on any atom is -0.493 e. The molecule has 0 saturated heterocycles. The van der Waals surface area contributed by atoms with Crippen molar-refractivity contribution in [3.63, 3.8) is 0 Å². The quantitative estimate of drug-likeness (QED) is 0.286. The minimum atomic E-state index is -0.962. The molecule has 0 aliphatic carbocycles. The van der Waals surface area contributed by atoms with Gasteiger partial charge < -0.3 is 19.6 Å². The number of carboxylic acid groups (broad SMARTS) is 1. The van der Waals surface area contributed by atoms with Crippen LogP contribution in [0.4, 0.5) is 4.39 Å². The van der Waals surface area contributed by atoms with Crippen molar-refractivity contribution in [1.82, 2.24) is 10.3 Å². The zero-order valence-electron chi connectivity index (χ0n) is 20.4. The molecule has 3 aromatic carbocycles. The average Bonchev–Trinajstić information content (AvgIpc) is 3.28. The number of rotatable bonds is 11. The van der Waals surface area contributed by atoms with Gasteiger partial charge in [-0.2, -0.15) is 0 Å². The fourth-order valence-corrected chi connectivity index (χ4v) is 3.86. The van der Waals surface area contributed by atoms with E-state index in [2.05, 4.69) is 10.3 Å². The second-order valence-electron chi connectivity index (χ2n) is 8.47. The third-order valence-electron chi connectivity index (χ3n) is 5.85. The molecule has 37 heavy (non-hydrogen) atoms. The zero-order valence-corrected chi connectivity index (χ0v) is 20.4. The number of carboxylic acids is 1. The second-order valence-corrected chi connectivity index (χ2v) is 8.47. The van der Waals surface area contributed by atoms with Crippen LogP contribution in [0, 0.1) is 12.7 Å². The number of ether oxygens (including phenoxy) is 1. The van der Waals surface area contributed by atoms with Gasteiger partial charge in [-0.25, -0.2) is 9.37 Å². The van der Waals surface area contributed by atoms with Crippen LogP contribution in [0.2, 0.25) is 0 Å². The highest BCUT2D eigenvalue weighted by Gasteiger charge is 2.16. The van der Waals surface area contributed by atoms with E-state index in [1.54, 1.807) is 36.4 Å². The number of benzene rings is 3. The van der Waals surface area contributed by atoms with E-state index in [0.717, 1.165) is 11.3 Å². The summed E-state index contributed by atoms with van der Waals surface area (Å²) in [5.74, 6) is -0.0988. The van der Waals surface area contributed by atoms with Crippen LogP contribution >= 0.6 is 0 Å². The Morgan fingerprint density at radius 1 is 1.00 bits per heavy atom. The van der Waals surface area contributed by atoms with Gasteiger partial charge in [0.15, 0.2) is 0 Å². The number of carbonyl (C=O) groups excluding carboxylic acids is 1. The van der Waals surface area contributed by atoms with Crippen molar-refractivity contribution in [2.45, 2.75) is 32.7 Å². The van der Waals surface area contributed by atoms with Crippen molar-refractivity contribution in [1.29, 1.82) is 0 Å². The molecule has 1 heterocycles. The summed E-state index contributed by atoms with van der Waals surface area (Å²) in [7, 11) is 0. The number of aryl methyl sites for hydroxylation is 2. The highest BCUT2D eigenvalue weighted by Crippen LogP contribution is 2.23. The molecule has 0 aliphatic heterocycles. The molecule has 4 aromatic rings. The van der Waals surface area contributed by atoms with Gasteiger partial charge >= 0.3 is 5.97 Å². The van der Waals surface area contributed by atoms with Crippen LogP contribution in [0.15, 0.2) is 77.2 Å². The Bertz CT molecular complexity index is 1380. The first-order chi connectivity index (χ1) is 17.9. The number of amides is 1. The molecule has 0 atom stereocenters. The Balaban J connectivity index is 1.44. The fraction of sp³-hybridized carbons (Fsp3) is 0.207. The summed E-state index contributed by atoms with van der Waals surface area (Å²) in [5.41, 5.74) is 2.88. The average molecular weight is 503 g/mol. The maximum absolute atomic E-state index is 14.0. The number of aromatic nitrogens is 1. The number of carbonyl (C=O) groups is 2. The van der Waals surface area contributed by atoms with Crippen LogP contribution in [0.3, 0.4) is 0 Å². The maximum Gasteiger partial charge on any atom is 0.303 e. The van der Waals surface area contributed by atoms with Gasteiger partial charge in [0.2, 0.25) is 5.89 Å². The Labute approximate surface area is 213 Å². The Morgan fingerprint density at radius 3 is 2.51 bits per heavy atom. The van der Waals surface area contributed by atoms with Gasteiger partial charge in [0.05, 0.1) is 12.3 Å². The van der Waals surface area contributed by atoms with E-state index in [4.69, 9.17) is 14.3 Å². The van der Waals surface area contributed by atoms with Gasteiger partial charge in [-0.15, -0.1) is 0 Å². The van der Waals surface area contributed by atoms with Crippen LogP contribution < -0.4 is 10.1 Å². The van der Waals surface area contributed by atoms with Crippen molar-refractivity contribution in [3.8, 4) is 17.2 Å². The summed E-state index contributed by atoms with van der Waals surface area (Å²) >= 11 is 0. The predicted molar refractivity (Wildman–Crippen MR) is 136 cm³/mol. The van der Waals surface area contributed by atoms with Crippen LogP contribution in [-0.2, 0) is 24.2 Å². The summed E-state index contributed by atoms with van der Waals surface area (Å²) in [5, 5.41) is 11.8. The largest absolute Gasteiger partial charge is 0.493 e. The van der Waals surface area contributed by atoms with E-state index in [0.29, 0.717) is 47.1 Å². The number of hydrogen-bond donors (Lipinski definition) is 2. The maximum atomic E-state index is 14.0. The molecule has 1 aromatic heterocycles. The summed E-state index contributed by atoms with van der Waals surface area (Å²) in [6.45, 7) is 2.15. The first-order valence-corrected chi connectivity index (χ1v) is 11.9. The predicted octanol–water partition coefficient (Wildman–Crippen LogP) is 5.36. The third-order valence-corrected chi connectivity index (χ3v) is 5.85. The summed E-state index contributed by atoms with van der Waals surface area (Å²) in [6.07, 6.45) is 0.555. The lowest BCUT2D eigenvalue weighted by molar-refractivity contribution is -0.136. The molecule has 0 fully saturated rings. The second kappa shape index (κ2) is 12.0. The van der Waals surface area contributed by atoms with E-state index in [1.165, 1.54) is 6.07 Å². The smallest absolute Gasteiger partial charge is 0.303 e. The van der Waals surface area contributed by atoms with Crippen molar-refractivity contribution in [3.05, 3.63) is 107 Å². The summed E-state index contributed by atoms with van der Waals surface area (Å²) in [6, 6.07) is 20.8. The SMILES string of the molecule is Cc1oc(-c2ccccc2)nc1CCOc1ccc(CCC(=O)O)c(C(=O)NCc2ccccc2F)c1. The number of oxazole rings is 1. The Morgan fingerprint density at radius 2 is 1.76 bits per heavy atom. The van der Waals surface area contributed by atoms with Crippen molar-refractivity contribution in [2.75, 3.05) is 6.61 Å². The Kier molecular flexibility index (Phi) is 8.30. The molecule has 0 unspecified atom stereocenters. The molecule has 0 spiro atoms. The first kappa shape index (κ1) is 25.6. The normalized spacial score (nSPS) is 10.8. The van der Waals surface area contributed by atoms with E-state index in [9.17, 15) is 14.0 Å². The number of aliphatic carboxylic acids is 1. The number of nitrogens with zero attached hydrogens (tertiary/aromatic N) is 1. The molecule has 0 saturated carbocycles. The van der Waals surface area contributed by atoms with Gasteiger partial charge in [0.1, 0.15) is 17.3 Å². The molecule has 7 nitrogen and oxygen atoms in total. The number of hydrogen-bond acceptors (Lipinski definition) is 5. The van der Waals surface area contributed by atoms with Gasteiger partial charge in [0, 0.05) is 36.1 Å². The molecule has 0 aliphatic rings. The molecule has 8 heteroatoms. The van der Waals surface area contributed by atoms with Crippen molar-refractivity contribution < 1.29 is 28.2 Å². The monoisotopic (exact) mass is 502 g/mol. The topological polar surface area (TPSA) is 102 Å². The van der Waals surface area contributed by atoms with E-state index < -0.39 is 17.7 Å². The van der Waals surface area contributed by atoms with Crippen LogP contribution in [-0.4, -0.2) is 28.6 Å². The molecule has 2 N–H and O–H groups in total. The standard InChI is InChI=1S/C29H27FN2O5/c1-19-26(32-29(37-19)21-7-3-2-4-8-21)15-16-36-23-13-11-20(12-14-27(33)34)24(17-23)28(35)31-18-22-9-5-6-10-25(22)30/h2-11,13,17H,12,14-16,18H2,1H3,(H,31,35)(H,33,34). The van der Waals surface area contributed by atoms with Crippen molar-refractivity contribution in [2.24, 2.45) is 0 Å². The molecular weight excluding hydrogens is 475 g/mol. The molecule has 0 radical (unpaired) electrons. The van der Waals surface area contributed by atoms with Gasteiger partial charge in [-0.05, 0) is 49.2 Å². The van der Waals surface area contributed by atoms with Crippen LogP contribution in [0.25, 0.3) is 11.5 Å². The van der Waals surface area contributed by atoms with Crippen molar-refractivity contribution >= 4 is 11.9 Å². The molecular formula is C29H27FN2O5. The molecule has 1 amide bonds. The van der Waals surface area contributed by atoms with E-state index >= 15 is 0 Å². The highest BCUT2D eigenvalue weighted by atomic mass is 19.1. The fourth-order valence-electron chi connectivity index (χ4n) is 3.86. The van der Waals surface area contributed by atoms with Gasteiger partial charge in [0.25, 0.3) is 5.91 Å². The van der Waals surface area contributed by atoms with Gasteiger partial charge in [-0.1, -0.05) is 42.5 Å². The Hall–Kier alpha value is -4.46. The third kappa shape index (κ3) is 6.82. The lowest BCUT2D eigenvalue weighted by Gasteiger charge is -2.13. The zero-order chi connectivity index (χ0) is 26.2. The van der Waals surface area contributed by atoms with E-state index in [1.807, 2.05) is 37.3 Å². The summed E-state index contributed by atoms with van der Waals surface area (Å²) < 4.78 is 25.6. The lowest BCUT2D eigenvalue weighted by Crippen LogP contribution is -2.24. The lowest BCUT2D eigenvalue weighted by atomic mass is 10.0. The highest BCUT2D eigenvalue weighted by molar-refractivity contribution is 5.96. The molecule has 190 valence electrons. The number of halogens is 1. The van der Waals surface area contributed by atoms with Crippen LogP contribution in [0.5, 0.6) is 5.75 Å². The van der Waals surface area contributed by atoms with Gasteiger partial charge in [-0.3, -0.25) is 9.59 Å². The van der Waals surface area contributed by atoms with E-state index in [-0.39, 0.29) is 19.4 Å². The first-order valence-electron chi connectivity index (χ1n) is 11.9. The molecule has 0 bridgehead atoms. The number of nitrogens with one attached hydrogen (secondary N) is 1. The minimum absolute atomic E-state index is 0.00411. The van der Waals surface area contributed by atoms with Crippen LogP contribution in [0.1, 0.15) is 39.4 Å². The summed E-state index contributed by atoms with van der Waals surface area (Å²) in [4.78, 5) is 28.6. The molecule has 4 rings (SSSR count).